The Kier molecular flexibility index (Phi) is 5.79. The number of fused-ring (bicyclic) bond motifs is 3. The number of carboxylic acid groups (broad SMARTS) is 1. The maximum Gasteiger partial charge on any atom is 0.408 e. The molecule has 3 aromatic carbocycles. The van der Waals surface area contributed by atoms with Gasteiger partial charge in [0.25, 0.3) is 0 Å². The third kappa shape index (κ3) is 3.93. The van der Waals surface area contributed by atoms with Crippen molar-refractivity contribution in [3.05, 3.63) is 92.9 Å². The Morgan fingerprint density at radius 3 is 2.20 bits per heavy atom. The van der Waals surface area contributed by atoms with E-state index in [9.17, 15) is 14.7 Å². The third-order valence-electron chi connectivity index (χ3n) is 5.13. The molecule has 5 nitrogen and oxygen atoms in total. The van der Waals surface area contributed by atoms with Gasteiger partial charge in [0.1, 0.15) is 6.61 Å². The summed E-state index contributed by atoms with van der Waals surface area (Å²) in [5, 5.41) is 12.4. The number of halogens is 2. The lowest BCUT2D eigenvalue weighted by atomic mass is 9.98. The topological polar surface area (TPSA) is 75.6 Å². The van der Waals surface area contributed by atoms with Crippen molar-refractivity contribution in [2.45, 2.75) is 12.0 Å². The minimum absolute atomic E-state index is 0.101. The van der Waals surface area contributed by atoms with Crippen LogP contribution in [0.2, 0.25) is 5.02 Å². The molecule has 1 amide bonds. The molecule has 7 heteroatoms. The van der Waals surface area contributed by atoms with Gasteiger partial charge in [0.15, 0.2) is 6.04 Å². The van der Waals surface area contributed by atoms with Crippen molar-refractivity contribution in [1.29, 1.82) is 0 Å². The summed E-state index contributed by atoms with van der Waals surface area (Å²) in [4.78, 5) is 24.1. The van der Waals surface area contributed by atoms with E-state index in [2.05, 4.69) is 21.2 Å². The summed E-state index contributed by atoms with van der Waals surface area (Å²) in [7, 11) is 0. The standard InChI is InChI=1S/C23H17BrClNO4/c24-19-11-13(9-10-20(19)25)21(22(27)28)26-23(29)30-12-18-16-7-3-1-5-14(16)15-6-2-4-8-17(15)18/h1-11,18,21H,12H2,(H,26,29)(H,27,28). The van der Waals surface area contributed by atoms with Crippen LogP contribution in [0.15, 0.2) is 71.2 Å². The number of carboxylic acids is 1. The van der Waals surface area contributed by atoms with Crippen LogP contribution in [-0.4, -0.2) is 23.8 Å². The summed E-state index contributed by atoms with van der Waals surface area (Å²) in [6, 6.07) is 19.4. The highest BCUT2D eigenvalue weighted by Gasteiger charge is 2.30. The van der Waals surface area contributed by atoms with Gasteiger partial charge in [-0.3, -0.25) is 0 Å². The number of nitrogens with one attached hydrogen (secondary N) is 1. The fourth-order valence-corrected chi connectivity index (χ4v) is 4.25. The van der Waals surface area contributed by atoms with Crippen LogP contribution in [0.5, 0.6) is 0 Å². The maximum absolute atomic E-state index is 12.4. The van der Waals surface area contributed by atoms with E-state index in [1.54, 1.807) is 18.2 Å². The van der Waals surface area contributed by atoms with Gasteiger partial charge in [0.2, 0.25) is 0 Å². The van der Waals surface area contributed by atoms with E-state index in [0.717, 1.165) is 22.3 Å². The molecule has 0 saturated heterocycles. The number of aliphatic carboxylic acids is 1. The van der Waals surface area contributed by atoms with Gasteiger partial charge in [-0.25, -0.2) is 9.59 Å². The molecule has 0 aliphatic heterocycles. The lowest BCUT2D eigenvalue weighted by Crippen LogP contribution is -2.34. The number of ether oxygens (including phenoxy) is 1. The summed E-state index contributed by atoms with van der Waals surface area (Å²) in [5.41, 5.74) is 4.80. The van der Waals surface area contributed by atoms with Crippen LogP contribution < -0.4 is 5.32 Å². The van der Waals surface area contributed by atoms with Crippen LogP contribution in [0.25, 0.3) is 11.1 Å². The lowest BCUT2D eigenvalue weighted by molar-refractivity contribution is -0.139. The number of rotatable bonds is 5. The fourth-order valence-electron chi connectivity index (χ4n) is 3.74. The Labute approximate surface area is 186 Å². The summed E-state index contributed by atoms with van der Waals surface area (Å²) >= 11 is 9.24. The Bertz CT molecular complexity index is 1090. The zero-order valence-corrected chi connectivity index (χ0v) is 18.0. The Balaban J connectivity index is 1.49. The predicted octanol–water partition coefficient (Wildman–Crippen LogP) is 5.77. The van der Waals surface area contributed by atoms with Crippen molar-refractivity contribution in [3.8, 4) is 11.1 Å². The molecule has 152 valence electrons. The zero-order chi connectivity index (χ0) is 21.3. The molecule has 0 spiro atoms. The van der Waals surface area contributed by atoms with Gasteiger partial charge in [-0.2, -0.15) is 0 Å². The minimum atomic E-state index is -1.26. The first-order chi connectivity index (χ1) is 14.5. The maximum atomic E-state index is 12.4. The van der Waals surface area contributed by atoms with Gasteiger partial charge in [0.05, 0.1) is 5.02 Å². The van der Waals surface area contributed by atoms with Gasteiger partial charge in [-0.05, 0) is 55.9 Å². The second-order valence-electron chi connectivity index (χ2n) is 6.91. The molecule has 1 atom stereocenters. The number of benzene rings is 3. The zero-order valence-electron chi connectivity index (χ0n) is 15.6. The van der Waals surface area contributed by atoms with E-state index in [0.29, 0.717) is 15.1 Å². The van der Waals surface area contributed by atoms with Crippen molar-refractivity contribution >= 4 is 39.6 Å². The summed E-state index contributed by atoms with van der Waals surface area (Å²) in [6.07, 6.45) is -0.796. The van der Waals surface area contributed by atoms with E-state index < -0.39 is 18.1 Å². The van der Waals surface area contributed by atoms with Crippen LogP contribution in [0, 0.1) is 0 Å². The third-order valence-corrected chi connectivity index (χ3v) is 6.34. The largest absolute Gasteiger partial charge is 0.479 e. The van der Waals surface area contributed by atoms with Crippen molar-refractivity contribution in [1.82, 2.24) is 5.32 Å². The van der Waals surface area contributed by atoms with Crippen molar-refractivity contribution in [3.63, 3.8) is 0 Å². The smallest absolute Gasteiger partial charge is 0.408 e. The molecule has 0 aromatic heterocycles. The van der Waals surface area contributed by atoms with Gasteiger partial charge in [-0.15, -0.1) is 0 Å². The highest BCUT2D eigenvalue weighted by molar-refractivity contribution is 9.10. The van der Waals surface area contributed by atoms with Crippen molar-refractivity contribution in [2.24, 2.45) is 0 Å². The van der Waals surface area contributed by atoms with Crippen LogP contribution in [-0.2, 0) is 9.53 Å². The SMILES string of the molecule is O=C(NC(C(=O)O)c1ccc(Cl)c(Br)c1)OCC1c2ccccc2-c2ccccc21. The van der Waals surface area contributed by atoms with E-state index in [1.807, 2.05) is 48.5 Å². The fraction of sp³-hybridized carbons (Fsp3) is 0.130. The average molecular weight is 487 g/mol. The molecule has 0 heterocycles. The monoisotopic (exact) mass is 485 g/mol. The number of carbonyl (C=O) groups excluding carboxylic acids is 1. The van der Waals surface area contributed by atoms with Gasteiger partial charge in [0, 0.05) is 10.4 Å². The number of hydrogen-bond acceptors (Lipinski definition) is 3. The minimum Gasteiger partial charge on any atom is -0.479 e. The Morgan fingerprint density at radius 1 is 1.03 bits per heavy atom. The molecule has 3 aromatic rings. The molecule has 1 unspecified atom stereocenters. The Morgan fingerprint density at radius 2 is 1.63 bits per heavy atom. The van der Waals surface area contributed by atoms with E-state index in [1.165, 1.54) is 0 Å². The first-order valence-electron chi connectivity index (χ1n) is 9.25. The summed E-state index contributed by atoms with van der Waals surface area (Å²) < 4.78 is 5.99. The average Bonchev–Trinajstić information content (AvgIpc) is 3.06. The first kappa shape index (κ1) is 20.4. The molecule has 0 fully saturated rings. The van der Waals surface area contributed by atoms with Crippen molar-refractivity contribution < 1.29 is 19.4 Å². The molecule has 1 aliphatic rings. The molecular formula is C23H17BrClNO4. The molecule has 0 radical (unpaired) electrons. The predicted molar refractivity (Wildman–Crippen MR) is 118 cm³/mol. The van der Waals surface area contributed by atoms with Gasteiger partial charge < -0.3 is 15.2 Å². The second kappa shape index (κ2) is 8.50. The molecule has 1 aliphatic carbocycles. The normalized spacial score (nSPS) is 13.3. The van der Waals surface area contributed by atoms with Crippen LogP contribution in [0.1, 0.15) is 28.7 Å². The summed E-state index contributed by atoms with van der Waals surface area (Å²) in [5.74, 6) is -1.30. The molecular weight excluding hydrogens is 470 g/mol. The first-order valence-corrected chi connectivity index (χ1v) is 10.4. The van der Waals surface area contributed by atoms with Gasteiger partial charge >= 0.3 is 12.1 Å². The molecule has 2 N–H and O–H groups in total. The number of amides is 1. The van der Waals surface area contributed by atoms with Crippen LogP contribution >= 0.6 is 27.5 Å². The quantitative estimate of drug-likeness (QED) is 0.480. The van der Waals surface area contributed by atoms with E-state index in [4.69, 9.17) is 16.3 Å². The highest BCUT2D eigenvalue weighted by Crippen LogP contribution is 2.44. The second-order valence-corrected chi connectivity index (χ2v) is 8.18. The lowest BCUT2D eigenvalue weighted by Gasteiger charge is -2.18. The number of alkyl carbamates (subject to hydrolysis) is 1. The molecule has 0 saturated carbocycles. The van der Waals surface area contributed by atoms with Crippen LogP contribution in [0.4, 0.5) is 4.79 Å². The molecule has 4 rings (SSSR count). The van der Waals surface area contributed by atoms with E-state index >= 15 is 0 Å². The number of carbonyl (C=O) groups is 2. The van der Waals surface area contributed by atoms with E-state index in [-0.39, 0.29) is 12.5 Å². The molecule has 30 heavy (non-hydrogen) atoms. The number of hydrogen-bond donors (Lipinski definition) is 2. The molecule has 0 bridgehead atoms. The van der Waals surface area contributed by atoms with Gasteiger partial charge in [-0.1, -0.05) is 66.2 Å². The Hall–Kier alpha value is -2.83. The van der Waals surface area contributed by atoms with Crippen LogP contribution in [0.3, 0.4) is 0 Å². The highest BCUT2D eigenvalue weighted by atomic mass is 79.9. The van der Waals surface area contributed by atoms with Crippen molar-refractivity contribution in [2.75, 3.05) is 6.61 Å². The summed E-state index contributed by atoms with van der Waals surface area (Å²) in [6.45, 7) is 0.108.